The molecule has 0 aromatic carbocycles. The van der Waals surface area contributed by atoms with Crippen LogP contribution in [-0.2, 0) is 4.79 Å². The Bertz CT molecular complexity index is 231. The molecule has 4 heteroatoms. The Labute approximate surface area is 98.3 Å². The Morgan fingerprint density at radius 2 is 2.06 bits per heavy atom. The van der Waals surface area contributed by atoms with Crippen molar-refractivity contribution in [2.24, 2.45) is 11.7 Å². The van der Waals surface area contributed by atoms with E-state index in [1.54, 1.807) is 0 Å². The van der Waals surface area contributed by atoms with Crippen LogP contribution in [-0.4, -0.2) is 30.6 Å². The fourth-order valence-electron chi connectivity index (χ4n) is 1.59. The SMILES string of the molecule is CC(C)(C)NC(=O)CC(CN)NCC1CC1. The van der Waals surface area contributed by atoms with E-state index < -0.39 is 0 Å². The van der Waals surface area contributed by atoms with E-state index in [-0.39, 0.29) is 17.5 Å². The molecule has 0 heterocycles. The van der Waals surface area contributed by atoms with Crippen LogP contribution < -0.4 is 16.4 Å². The first-order valence-corrected chi connectivity index (χ1v) is 6.15. The van der Waals surface area contributed by atoms with Gasteiger partial charge in [-0.25, -0.2) is 0 Å². The Hall–Kier alpha value is -0.610. The number of hydrogen-bond acceptors (Lipinski definition) is 3. The molecule has 0 spiro atoms. The minimum absolute atomic E-state index is 0.0752. The molecule has 0 saturated heterocycles. The van der Waals surface area contributed by atoms with Crippen molar-refractivity contribution < 1.29 is 4.79 Å². The van der Waals surface area contributed by atoms with Crippen molar-refractivity contribution in [1.82, 2.24) is 10.6 Å². The van der Waals surface area contributed by atoms with Crippen LogP contribution in [0.5, 0.6) is 0 Å². The smallest absolute Gasteiger partial charge is 0.222 e. The van der Waals surface area contributed by atoms with Crippen LogP contribution in [0.2, 0.25) is 0 Å². The van der Waals surface area contributed by atoms with Gasteiger partial charge in [-0.05, 0) is 46.1 Å². The standard InChI is InChI=1S/C12H25N3O/c1-12(2,3)15-11(16)6-10(7-13)14-8-9-4-5-9/h9-10,14H,4-8,13H2,1-3H3,(H,15,16). The molecular formula is C12H25N3O. The van der Waals surface area contributed by atoms with Gasteiger partial charge in [0.25, 0.3) is 0 Å². The molecule has 0 radical (unpaired) electrons. The molecule has 1 aliphatic rings. The monoisotopic (exact) mass is 227 g/mol. The third-order valence-corrected chi connectivity index (χ3v) is 2.62. The zero-order valence-corrected chi connectivity index (χ0v) is 10.7. The predicted molar refractivity (Wildman–Crippen MR) is 66.1 cm³/mol. The lowest BCUT2D eigenvalue weighted by atomic mass is 10.1. The number of carbonyl (C=O) groups excluding carboxylic acids is 1. The Morgan fingerprint density at radius 3 is 2.50 bits per heavy atom. The van der Waals surface area contributed by atoms with Crippen LogP contribution in [0.25, 0.3) is 0 Å². The quantitative estimate of drug-likeness (QED) is 0.623. The normalized spacial score (nSPS) is 18.2. The molecule has 1 fully saturated rings. The number of hydrogen-bond donors (Lipinski definition) is 3. The van der Waals surface area contributed by atoms with Gasteiger partial charge in [-0.1, -0.05) is 0 Å². The van der Waals surface area contributed by atoms with Gasteiger partial charge in [0, 0.05) is 24.5 Å². The maximum Gasteiger partial charge on any atom is 0.222 e. The summed E-state index contributed by atoms with van der Waals surface area (Å²) in [4.78, 5) is 11.7. The highest BCUT2D eigenvalue weighted by molar-refractivity contribution is 5.77. The fourth-order valence-corrected chi connectivity index (χ4v) is 1.59. The molecule has 4 nitrogen and oxygen atoms in total. The third-order valence-electron chi connectivity index (χ3n) is 2.62. The molecule has 1 rings (SSSR count). The van der Waals surface area contributed by atoms with E-state index in [1.165, 1.54) is 12.8 Å². The summed E-state index contributed by atoms with van der Waals surface area (Å²) in [5, 5.41) is 6.31. The molecule has 1 saturated carbocycles. The topological polar surface area (TPSA) is 67.2 Å². The second-order valence-corrected chi connectivity index (χ2v) is 5.79. The van der Waals surface area contributed by atoms with Gasteiger partial charge < -0.3 is 16.4 Å². The van der Waals surface area contributed by atoms with E-state index >= 15 is 0 Å². The first kappa shape index (κ1) is 13.5. The fraction of sp³-hybridized carbons (Fsp3) is 0.917. The Kier molecular flexibility index (Phi) is 4.74. The minimum atomic E-state index is -0.160. The van der Waals surface area contributed by atoms with Crippen molar-refractivity contribution >= 4 is 5.91 Å². The van der Waals surface area contributed by atoms with E-state index in [4.69, 9.17) is 5.73 Å². The van der Waals surface area contributed by atoms with Crippen LogP contribution in [0.15, 0.2) is 0 Å². The molecule has 0 aromatic rings. The average molecular weight is 227 g/mol. The zero-order chi connectivity index (χ0) is 12.2. The van der Waals surface area contributed by atoms with Crippen LogP contribution in [0.4, 0.5) is 0 Å². The van der Waals surface area contributed by atoms with Gasteiger partial charge in [0.1, 0.15) is 0 Å². The zero-order valence-electron chi connectivity index (χ0n) is 10.7. The Morgan fingerprint density at radius 1 is 1.44 bits per heavy atom. The number of rotatable bonds is 6. The third kappa shape index (κ3) is 6.08. The lowest BCUT2D eigenvalue weighted by molar-refractivity contribution is -0.122. The summed E-state index contributed by atoms with van der Waals surface area (Å²) in [5.74, 6) is 0.894. The molecule has 4 N–H and O–H groups in total. The molecule has 0 aromatic heterocycles. The Balaban J connectivity index is 2.22. The molecule has 0 aliphatic heterocycles. The largest absolute Gasteiger partial charge is 0.351 e. The van der Waals surface area contributed by atoms with Crippen molar-refractivity contribution in [3.8, 4) is 0 Å². The number of amides is 1. The summed E-state index contributed by atoms with van der Waals surface area (Å²) in [7, 11) is 0. The van der Waals surface area contributed by atoms with Crippen molar-refractivity contribution in [3.05, 3.63) is 0 Å². The highest BCUT2D eigenvalue weighted by Gasteiger charge is 2.23. The van der Waals surface area contributed by atoms with Crippen molar-refractivity contribution in [2.45, 2.75) is 51.6 Å². The highest BCUT2D eigenvalue weighted by atomic mass is 16.1. The summed E-state index contributed by atoms with van der Waals surface area (Å²) in [5.41, 5.74) is 5.49. The van der Waals surface area contributed by atoms with Gasteiger partial charge in [-0.15, -0.1) is 0 Å². The summed E-state index contributed by atoms with van der Waals surface area (Å²) in [6, 6.07) is 0.114. The van der Waals surface area contributed by atoms with Crippen molar-refractivity contribution in [1.29, 1.82) is 0 Å². The van der Waals surface area contributed by atoms with Gasteiger partial charge in [-0.2, -0.15) is 0 Å². The summed E-state index contributed by atoms with van der Waals surface area (Å²) in [6.07, 6.45) is 3.11. The van der Waals surface area contributed by atoms with E-state index in [2.05, 4.69) is 10.6 Å². The first-order chi connectivity index (χ1) is 7.40. The van der Waals surface area contributed by atoms with Crippen molar-refractivity contribution in [3.63, 3.8) is 0 Å². The maximum atomic E-state index is 11.7. The van der Waals surface area contributed by atoms with E-state index in [9.17, 15) is 4.79 Å². The first-order valence-electron chi connectivity index (χ1n) is 6.15. The molecule has 1 atom stereocenters. The lowest BCUT2D eigenvalue weighted by Crippen LogP contribution is -2.46. The van der Waals surface area contributed by atoms with Crippen LogP contribution in [0.1, 0.15) is 40.0 Å². The predicted octanol–water partition coefficient (Wildman–Crippen LogP) is 0.618. The molecule has 1 amide bonds. The molecule has 94 valence electrons. The second kappa shape index (κ2) is 5.64. The number of nitrogens with one attached hydrogen (secondary N) is 2. The van der Waals surface area contributed by atoms with Gasteiger partial charge >= 0.3 is 0 Å². The van der Waals surface area contributed by atoms with Gasteiger partial charge in [0.05, 0.1) is 0 Å². The van der Waals surface area contributed by atoms with Gasteiger partial charge in [-0.3, -0.25) is 4.79 Å². The molecule has 1 unspecified atom stereocenters. The number of carbonyl (C=O) groups is 1. The molecular weight excluding hydrogens is 202 g/mol. The van der Waals surface area contributed by atoms with E-state index in [0.29, 0.717) is 13.0 Å². The van der Waals surface area contributed by atoms with Crippen LogP contribution in [0, 0.1) is 5.92 Å². The van der Waals surface area contributed by atoms with Gasteiger partial charge in [0.2, 0.25) is 5.91 Å². The summed E-state index contributed by atoms with van der Waals surface area (Å²) in [6.45, 7) is 7.48. The highest BCUT2D eigenvalue weighted by Crippen LogP contribution is 2.27. The minimum Gasteiger partial charge on any atom is -0.351 e. The van der Waals surface area contributed by atoms with Crippen molar-refractivity contribution in [2.75, 3.05) is 13.1 Å². The van der Waals surface area contributed by atoms with Gasteiger partial charge in [0.15, 0.2) is 0 Å². The summed E-state index contributed by atoms with van der Waals surface area (Å²) >= 11 is 0. The second-order valence-electron chi connectivity index (χ2n) is 5.79. The number of nitrogens with two attached hydrogens (primary N) is 1. The molecule has 16 heavy (non-hydrogen) atoms. The molecule has 1 aliphatic carbocycles. The van der Waals surface area contributed by atoms with Crippen LogP contribution >= 0.6 is 0 Å². The maximum absolute atomic E-state index is 11.7. The lowest BCUT2D eigenvalue weighted by Gasteiger charge is -2.23. The summed E-state index contributed by atoms with van der Waals surface area (Å²) < 4.78 is 0. The molecule has 0 bridgehead atoms. The average Bonchev–Trinajstić information content (AvgIpc) is 2.92. The van der Waals surface area contributed by atoms with E-state index in [1.807, 2.05) is 20.8 Å². The van der Waals surface area contributed by atoms with Crippen LogP contribution in [0.3, 0.4) is 0 Å². The van der Waals surface area contributed by atoms with E-state index in [0.717, 1.165) is 12.5 Å².